The number of halogens is 1. The van der Waals surface area contributed by atoms with Crippen molar-refractivity contribution in [2.24, 2.45) is 4.99 Å². The van der Waals surface area contributed by atoms with E-state index in [2.05, 4.69) is 46.8 Å². The highest BCUT2D eigenvalue weighted by molar-refractivity contribution is 14.0. The lowest BCUT2D eigenvalue weighted by molar-refractivity contribution is 0.0513. The molecule has 0 atom stereocenters. The van der Waals surface area contributed by atoms with Gasteiger partial charge in [0.2, 0.25) is 0 Å². The maximum Gasteiger partial charge on any atom is 0.191 e. The van der Waals surface area contributed by atoms with Crippen molar-refractivity contribution in [1.29, 1.82) is 0 Å². The van der Waals surface area contributed by atoms with E-state index in [4.69, 9.17) is 14.2 Å². The second-order valence-electron chi connectivity index (χ2n) is 7.52. The Balaban J connectivity index is 0.00000450. The zero-order chi connectivity index (χ0) is 20.8. The zero-order valence-corrected chi connectivity index (χ0v) is 21.2. The molecular formula is C23H40IN3O3. The molecule has 7 heteroatoms. The molecule has 0 radical (unpaired) electrons. The van der Waals surface area contributed by atoms with Crippen molar-refractivity contribution in [3.63, 3.8) is 0 Å². The van der Waals surface area contributed by atoms with Crippen LogP contribution in [0.5, 0.6) is 5.75 Å². The standard InChI is InChI=1S/C23H39N3O3.HI/c1-4-6-15-27-16-7-14-25-22(24-3)26-19-23(12-17-28-18-13-23)20-8-10-21(11-9-20)29-5-2;/h8-11H,4-7,12-19H2,1-3H3,(H2,24,25,26);1H. The summed E-state index contributed by atoms with van der Waals surface area (Å²) in [5.41, 5.74) is 1.38. The topological polar surface area (TPSA) is 64.1 Å². The Hall–Kier alpha value is -1.06. The highest BCUT2D eigenvalue weighted by Crippen LogP contribution is 2.35. The number of nitrogens with zero attached hydrogens (tertiary/aromatic N) is 1. The number of unbranched alkanes of at least 4 members (excludes halogenated alkanes) is 1. The van der Waals surface area contributed by atoms with E-state index in [-0.39, 0.29) is 29.4 Å². The van der Waals surface area contributed by atoms with E-state index in [0.717, 1.165) is 76.9 Å². The Bertz CT molecular complexity index is 590. The minimum Gasteiger partial charge on any atom is -0.494 e. The Labute approximate surface area is 199 Å². The molecule has 0 spiro atoms. The van der Waals surface area contributed by atoms with Crippen LogP contribution in [0.2, 0.25) is 0 Å². The van der Waals surface area contributed by atoms with Gasteiger partial charge in [0.15, 0.2) is 5.96 Å². The van der Waals surface area contributed by atoms with Crippen LogP contribution in [0.25, 0.3) is 0 Å². The van der Waals surface area contributed by atoms with Gasteiger partial charge in [0.1, 0.15) is 5.75 Å². The van der Waals surface area contributed by atoms with Crippen molar-refractivity contribution in [2.45, 2.75) is 51.4 Å². The van der Waals surface area contributed by atoms with Crippen LogP contribution >= 0.6 is 24.0 Å². The predicted molar refractivity (Wildman–Crippen MR) is 134 cm³/mol. The van der Waals surface area contributed by atoms with Crippen molar-refractivity contribution >= 4 is 29.9 Å². The minimum absolute atomic E-state index is 0. The first-order valence-electron chi connectivity index (χ1n) is 11.1. The van der Waals surface area contributed by atoms with Crippen LogP contribution in [-0.4, -0.2) is 59.1 Å². The van der Waals surface area contributed by atoms with Crippen molar-refractivity contribution in [3.8, 4) is 5.75 Å². The predicted octanol–water partition coefficient (Wildman–Crippen LogP) is 4.12. The summed E-state index contributed by atoms with van der Waals surface area (Å²) in [6.45, 7) is 9.78. The normalized spacial score (nSPS) is 15.9. The summed E-state index contributed by atoms with van der Waals surface area (Å²) in [7, 11) is 1.82. The third kappa shape index (κ3) is 8.98. The lowest BCUT2D eigenvalue weighted by atomic mass is 9.74. The van der Waals surface area contributed by atoms with Gasteiger partial charge in [-0.1, -0.05) is 25.5 Å². The molecule has 0 unspecified atom stereocenters. The van der Waals surface area contributed by atoms with Crippen molar-refractivity contribution < 1.29 is 14.2 Å². The monoisotopic (exact) mass is 533 g/mol. The molecule has 1 saturated heterocycles. The first-order chi connectivity index (χ1) is 14.2. The van der Waals surface area contributed by atoms with Crippen molar-refractivity contribution in [3.05, 3.63) is 29.8 Å². The van der Waals surface area contributed by atoms with Gasteiger partial charge in [-0.25, -0.2) is 0 Å². The molecule has 2 N–H and O–H groups in total. The fourth-order valence-corrected chi connectivity index (χ4v) is 3.60. The van der Waals surface area contributed by atoms with E-state index in [0.29, 0.717) is 6.61 Å². The SMILES string of the molecule is CCCCOCCCNC(=NC)NCC1(c2ccc(OCC)cc2)CCOCC1.I. The smallest absolute Gasteiger partial charge is 0.191 e. The number of hydrogen-bond acceptors (Lipinski definition) is 4. The number of benzene rings is 1. The highest BCUT2D eigenvalue weighted by atomic mass is 127. The Morgan fingerprint density at radius 2 is 1.77 bits per heavy atom. The molecule has 1 fully saturated rings. The zero-order valence-electron chi connectivity index (χ0n) is 18.9. The van der Waals surface area contributed by atoms with Crippen LogP contribution in [0, 0.1) is 0 Å². The molecule has 1 aliphatic rings. The van der Waals surface area contributed by atoms with Gasteiger partial charge in [-0.15, -0.1) is 24.0 Å². The fourth-order valence-electron chi connectivity index (χ4n) is 3.60. The molecule has 30 heavy (non-hydrogen) atoms. The minimum atomic E-state index is 0. The van der Waals surface area contributed by atoms with Crippen LogP contribution < -0.4 is 15.4 Å². The number of aliphatic imine (C=N–C) groups is 1. The molecule has 0 saturated carbocycles. The van der Waals surface area contributed by atoms with Gasteiger partial charge in [0, 0.05) is 52.0 Å². The van der Waals surface area contributed by atoms with Crippen LogP contribution in [0.1, 0.15) is 51.5 Å². The third-order valence-corrected chi connectivity index (χ3v) is 5.45. The van der Waals surface area contributed by atoms with E-state index in [9.17, 15) is 0 Å². The molecule has 1 aliphatic heterocycles. The van der Waals surface area contributed by atoms with E-state index in [1.165, 1.54) is 12.0 Å². The van der Waals surface area contributed by atoms with E-state index in [1.54, 1.807) is 0 Å². The average Bonchev–Trinajstić information content (AvgIpc) is 2.76. The van der Waals surface area contributed by atoms with Gasteiger partial charge in [0.05, 0.1) is 6.61 Å². The summed E-state index contributed by atoms with van der Waals surface area (Å²) in [4.78, 5) is 4.39. The lowest BCUT2D eigenvalue weighted by Crippen LogP contribution is -2.48. The van der Waals surface area contributed by atoms with Crippen LogP contribution in [0.15, 0.2) is 29.3 Å². The largest absolute Gasteiger partial charge is 0.494 e. The second-order valence-corrected chi connectivity index (χ2v) is 7.52. The second kappa shape index (κ2) is 15.7. The molecule has 0 amide bonds. The van der Waals surface area contributed by atoms with Crippen LogP contribution in [0.3, 0.4) is 0 Å². The summed E-state index contributed by atoms with van der Waals surface area (Å²) in [5, 5.41) is 6.94. The number of ether oxygens (including phenoxy) is 3. The molecule has 0 bridgehead atoms. The van der Waals surface area contributed by atoms with E-state index < -0.39 is 0 Å². The molecule has 6 nitrogen and oxygen atoms in total. The van der Waals surface area contributed by atoms with Gasteiger partial charge < -0.3 is 24.8 Å². The third-order valence-electron chi connectivity index (χ3n) is 5.45. The van der Waals surface area contributed by atoms with Gasteiger partial charge >= 0.3 is 0 Å². The molecule has 1 heterocycles. The summed E-state index contributed by atoms with van der Waals surface area (Å²) in [6.07, 6.45) is 5.28. The Morgan fingerprint density at radius 1 is 1.07 bits per heavy atom. The van der Waals surface area contributed by atoms with Gasteiger partial charge in [-0.3, -0.25) is 4.99 Å². The maximum absolute atomic E-state index is 5.65. The van der Waals surface area contributed by atoms with Crippen molar-refractivity contribution in [2.75, 3.05) is 53.2 Å². The number of rotatable bonds is 12. The summed E-state index contributed by atoms with van der Waals surface area (Å²) >= 11 is 0. The molecule has 1 aromatic rings. The molecule has 0 aliphatic carbocycles. The number of nitrogens with one attached hydrogen (secondary N) is 2. The van der Waals surface area contributed by atoms with E-state index in [1.807, 2.05) is 14.0 Å². The summed E-state index contributed by atoms with van der Waals surface area (Å²) in [6, 6.07) is 8.53. The fraction of sp³-hybridized carbons (Fsp3) is 0.696. The van der Waals surface area contributed by atoms with Gasteiger partial charge in [-0.05, 0) is 50.3 Å². The Kier molecular flexibility index (Phi) is 14.1. The first-order valence-corrected chi connectivity index (χ1v) is 11.1. The summed E-state index contributed by atoms with van der Waals surface area (Å²) < 4.78 is 16.9. The molecule has 0 aromatic heterocycles. The number of guanidine groups is 1. The average molecular weight is 533 g/mol. The lowest BCUT2D eigenvalue weighted by Gasteiger charge is -2.38. The van der Waals surface area contributed by atoms with E-state index >= 15 is 0 Å². The molecule has 172 valence electrons. The first kappa shape index (κ1) is 27.0. The van der Waals surface area contributed by atoms with Gasteiger partial charge in [-0.2, -0.15) is 0 Å². The molecule has 1 aromatic carbocycles. The summed E-state index contributed by atoms with van der Waals surface area (Å²) in [5.74, 6) is 1.76. The quantitative estimate of drug-likeness (QED) is 0.183. The Morgan fingerprint density at radius 3 is 2.40 bits per heavy atom. The van der Waals surface area contributed by atoms with Crippen LogP contribution in [-0.2, 0) is 14.9 Å². The maximum atomic E-state index is 5.65. The molecule has 2 rings (SSSR count). The van der Waals surface area contributed by atoms with Crippen LogP contribution in [0.4, 0.5) is 0 Å². The highest BCUT2D eigenvalue weighted by Gasteiger charge is 2.34. The van der Waals surface area contributed by atoms with Gasteiger partial charge in [0.25, 0.3) is 0 Å². The molecular weight excluding hydrogens is 493 g/mol. The number of hydrogen-bond donors (Lipinski definition) is 2. The van der Waals surface area contributed by atoms with Crippen molar-refractivity contribution in [1.82, 2.24) is 10.6 Å².